The largest absolute Gasteiger partial charge is 0.480 e. The van der Waals surface area contributed by atoms with Crippen LogP contribution in [0, 0.1) is 0 Å². The molecule has 3 amide bonds. The van der Waals surface area contributed by atoms with Crippen LogP contribution in [0.3, 0.4) is 0 Å². The summed E-state index contributed by atoms with van der Waals surface area (Å²) in [5.41, 5.74) is 6.63. The molecule has 55 heavy (non-hydrogen) atoms. The van der Waals surface area contributed by atoms with Crippen LogP contribution in [-0.4, -0.2) is 137 Å². The van der Waals surface area contributed by atoms with Crippen LogP contribution in [0.15, 0.2) is 22.6 Å². The minimum Gasteiger partial charge on any atom is -0.480 e. The van der Waals surface area contributed by atoms with Crippen molar-refractivity contribution in [2.75, 3.05) is 36.1 Å². The van der Waals surface area contributed by atoms with Crippen LogP contribution in [0.4, 0.5) is 10.6 Å². The Bertz CT molecular complexity index is 1600. The number of carbonyl (C=O) groups excluding carboxylic acids is 2. The number of nitrogens with two attached hydrogens (primary N) is 1. The number of amides is 3. The zero-order chi connectivity index (χ0) is 39.0. The van der Waals surface area contributed by atoms with Gasteiger partial charge in [0, 0.05) is 36.3 Å². The maximum absolute atomic E-state index is 12.1. The zero-order valence-electron chi connectivity index (χ0n) is 31.2. The number of carboxylic acid groups (broad SMARTS) is 1. The highest BCUT2D eigenvalue weighted by molar-refractivity contribution is 8.00. The molecule has 8 N–H and O–H groups in total. The van der Waals surface area contributed by atoms with Gasteiger partial charge in [0.25, 0.3) is 0 Å². The highest BCUT2D eigenvalue weighted by Gasteiger charge is 2.44. The quantitative estimate of drug-likeness (QED) is 0.0434. The number of aliphatic hydroxyl groups excluding tert-OH is 2. The van der Waals surface area contributed by atoms with Crippen LogP contribution in [0.1, 0.15) is 89.7 Å². The molecule has 3 aliphatic heterocycles. The number of hydrogen-bond donors (Lipinski definition) is 7. The molecule has 5 heterocycles. The number of aromatic nitrogens is 4. The number of ether oxygens (including phenoxy) is 1. The van der Waals surface area contributed by atoms with Crippen LogP contribution in [0.5, 0.6) is 0 Å². The lowest BCUT2D eigenvalue weighted by atomic mass is 10.0. The first kappa shape index (κ1) is 42.6. The highest BCUT2D eigenvalue weighted by atomic mass is 32.2. The number of carbonyl (C=O) groups is 3. The van der Waals surface area contributed by atoms with Gasteiger partial charge in [-0.25, -0.2) is 24.5 Å². The summed E-state index contributed by atoms with van der Waals surface area (Å²) < 4.78 is 7.48. The third kappa shape index (κ3) is 12.7. The van der Waals surface area contributed by atoms with Gasteiger partial charge in [0.15, 0.2) is 17.7 Å². The van der Waals surface area contributed by atoms with Crippen LogP contribution in [-0.2, 0) is 14.3 Å². The van der Waals surface area contributed by atoms with Gasteiger partial charge in [-0.2, -0.15) is 23.5 Å². The van der Waals surface area contributed by atoms with E-state index >= 15 is 0 Å². The maximum atomic E-state index is 12.1. The number of anilines is 1. The van der Waals surface area contributed by atoms with Crippen molar-refractivity contribution in [1.29, 1.82) is 0 Å². The van der Waals surface area contributed by atoms with Crippen molar-refractivity contribution in [1.82, 2.24) is 35.5 Å². The summed E-state index contributed by atoms with van der Waals surface area (Å²) in [5, 5.41) is 40.3. The fourth-order valence-corrected chi connectivity index (χ4v) is 9.54. The molecule has 3 saturated heterocycles. The molecule has 5 rings (SSSR count). The number of rotatable bonds is 25. The lowest BCUT2D eigenvalue weighted by Crippen LogP contribution is -2.36. The number of aliphatic imine (C=N–C) groups is 2. The van der Waals surface area contributed by atoms with Crippen LogP contribution in [0.2, 0.25) is 0 Å². The summed E-state index contributed by atoms with van der Waals surface area (Å²) in [6, 6.07) is -0.423. The van der Waals surface area contributed by atoms with E-state index in [1.807, 2.05) is 18.0 Å². The first-order valence-electron chi connectivity index (χ1n) is 19.4. The molecule has 304 valence electrons. The molecule has 8 atom stereocenters. The highest BCUT2D eigenvalue weighted by Crippen LogP contribution is 2.34. The normalized spacial score (nSPS) is 25.5. The minimum atomic E-state index is -1.20. The third-order valence-corrected chi connectivity index (χ3v) is 12.6. The lowest BCUT2D eigenvalue weighted by Gasteiger charge is -2.16. The predicted octanol–water partition coefficient (Wildman–Crippen LogP) is 2.71. The van der Waals surface area contributed by atoms with Crippen molar-refractivity contribution in [3.63, 3.8) is 0 Å². The lowest BCUT2D eigenvalue weighted by molar-refractivity contribution is -0.138. The van der Waals surface area contributed by atoms with E-state index in [1.165, 1.54) is 29.0 Å². The molecular formula is C36H56N10O7S2. The van der Waals surface area contributed by atoms with Gasteiger partial charge >= 0.3 is 12.0 Å². The molecule has 2 aromatic rings. The van der Waals surface area contributed by atoms with E-state index in [-0.39, 0.29) is 29.8 Å². The van der Waals surface area contributed by atoms with Gasteiger partial charge in [0.2, 0.25) is 5.91 Å². The third-order valence-electron chi connectivity index (χ3n) is 10.0. The smallest absolute Gasteiger partial charge is 0.328 e. The molecule has 1 unspecified atom stereocenters. The van der Waals surface area contributed by atoms with Crippen molar-refractivity contribution < 1.29 is 34.4 Å². The van der Waals surface area contributed by atoms with E-state index in [1.54, 1.807) is 6.21 Å². The van der Waals surface area contributed by atoms with Crippen LogP contribution >= 0.6 is 23.5 Å². The number of unbranched alkanes of at least 4 members (excludes halogenated alkanes) is 7. The number of urea groups is 1. The van der Waals surface area contributed by atoms with E-state index < -0.39 is 36.6 Å². The van der Waals surface area contributed by atoms with E-state index in [0.717, 1.165) is 76.5 Å². The van der Waals surface area contributed by atoms with E-state index in [2.05, 4.69) is 40.9 Å². The van der Waals surface area contributed by atoms with Gasteiger partial charge < -0.3 is 41.7 Å². The van der Waals surface area contributed by atoms with Gasteiger partial charge in [-0.3, -0.25) is 19.3 Å². The first-order valence-corrected chi connectivity index (χ1v) is 21.6. The molecule has 3 fully saturated rings. The number of nitrogen functional groups attached to an aromatic ring is 1. The number of imidazole rings is 1. The molecule has 0 bridgehead atoms. The molecule has 0 aromatic carbocycles. The van der Waals surface area contributed by atoms with E-state index in [9.17, 15) is 29.7 Å². The van der Waals surface area contributed by atoms with Crippen LogP contribution in [0.25, 0.3) is 11.2 Å². The summed E-state index contributed by atoms with van der Waals surface area (Å²) in [7, 11) is 0. The van der Waals surface area contributed by atoms with Crippen molar-refractivity contribution in [2.45, 2.75) is 131 Å². The fraction of sp³-hybridized carbons (Fsp3) is 0.722. The number of hydrogen-bond acceptors (Lipinski definition) is 14. The molecule has 19 heteroatoms. The van der Waals surface area contributed by atoms with Gasteiger partial charge in [-0.15, -0.1) is 0 Å². The predicted molar refractivity (Wildman–Crippen MR) is 215 cm³/mol. The molecule has 0 aliphatic carbocycles. The van der Waals surface area contributed by atoms with Gasteiger partial charge in [0.05, 0.1) is 24.5 Å². The monoisotopic (exact) mass is 804 g/mol. The van der Waals surface area contributed by atoms with Crippen LogP contribution < -0.4 is 21.7 Å². The number of fused-ring (bicyclic) bond motifs is 2. The summed E-state index contributed by atoms with van der Waals surface area (Å²) in [6.07, 6.45) is 13.8. The topological polar surface area (TPSA) is 252 Å². The van der Waals surface area contributed by atoms with Crippen molar-refractivity contribution >= 4 is 70.8 Å². The van der Waals surface area contributed by atoms with Crippen molar-refractivity contribution in [3.05, 3.63) is 12.7 Å². The van der Waals surface area contributed by atoms with Crippen molar-refractivity contribution in [2.24, 2.45) is 9.98 Å². The first-order chi connectivity index (χ1) is 26.7. The minimum absolute atomic E-state index is 0.0578. The second-order valence-corrected chi connectivity index (χ2v) is 16.6. The van der Waals surface area contributed by atoms with E-state index in [4.69, 9.17) is 10.5 Å². The Labute approximate surface area is 329 Å². The molecule has 0 radical (unpaired) electrons. The van der Waals surface area contributed by atoms with E-state index in [0.29, 0.717) is 53.7 Å². The Morgan fingerprint density at radius 2 is 1.89 bits per heavy atom. The molecule has 17 nitrogen and oxygen atoms in total. The Balaban J connectivity index is 0.819. The average molecular weight is 805 g/mol. The number of nitrogens with one attached hydrogen (secondary N) is 3. The molecular weight excluding hydrogens is 749 g/mol. The summed E-state index contributed by atoms with van der Waals surface area (Å²) >= 11 is 3.35. The van der Waals surface area contributed by atoms with Crippen molar-refractivity contribution in [3.8, 4) is 0 Å². The SMILES string of the molecule is Nc1ncnc2c1ncn2[C@@H]1O[C@H](CSCCC(N=CCCCCCC=NCCCCCNC(=O)CCCC[C@@H]2SC[C@@H]3NC(=O)N[C@@H]32)C(=O)O)[C@@H](O)[C@H]1O. The summed E-state index contributed by atoms with van der Waals surface area (Å²) in [5.74, 6) is 1.17. The molecule has 3 aliphatic rings. The standard InChI is InChI=1S/C36H56N10O7S2/c37-32-29-33(42-21-41-32)46(22-43-29)34-31(49)30(48)25(53-34)20-54-18-13-23(35(50)51)39-16-9-3-1-2-7-14-38-15-8-4-10-17-40-27(47)12-6-5-11-26-28-24(19-55-26)44-36(52)45-28/h14,16,21-26,28,30-31,34,48-49H,1-13,15,17-20H2,(H,40,47)(H,50,51)(H2,37,41,42)(H2,44,45,52)/t23?,24-,25+,26-,28-,30+,31+,34+/m0/s1. The second kappa shape index (κ2) is 22.3. The Kier molecular flexibility index (Phi) is 17.3. The number of carboxylic acids is 1. The zero-order valence-corrected chi connectivity index (χ0v) is 32.8. The average Bonchev–Trinajstić information content (AvgIpc) is 3.93. The van der Waals surface area contributed by atoms with Gasteiger partial charge in [-0.1, -0.05) is 12.8 Å². The maximum Gasteiger partial charge on any atom is 0.328 e. The Morgan fingerprint density at radius 1 is 1.07 bits per heavy atom. The number of thioether (sulfide) groups is 2. The molecule has 0 saturated carbocycles. The molecule has 2 aromatic heterocycles. The second-order valence-electron chi connectivity index (χ2n) is 14.2. The summed E-state index contributed by atoms with van der Waals surface area (Å²) in [4.78, 5) is 56.5. The Hall–Kier alpha value is -3.52. The summed E-state index contributed by atoms with van der Waals surface area (Å²) in [6.45, 7) is 1.49. The molecule has 0 spiro atoms. The number of aliphatic hydroxyl groups is 2. The number of nitrogens with zero attached hydrogens (tertiary/aromatic N) is 6. The Morgan fingerprint density at radius 3 is 2.73 bits per heavy atom. The fourth-order valence-electron chi connectivity index (χ4n) is 6.94. The number of aliphatic carboxylic acids is 1. The van der Waals surface area contributed by atoms with Gasteiger partial charge in [-0.05, 0) is 82.4 Å². The van der Waals surface area contributed by atoms with Gasteiger partial charge in [0.1, 0.15) is 30.1 Å².